The van der Waals surface area contributed by atoms with Crippen LogP contribution in [0.4, 0.5) is 0 Å². The van der Waals surface area contributed by atoms with Crippen LogP contribution in [0.2, 0.25) is 16.6 Å². The minimum Gasteiger partial charge on any atom is -0.543 e. The van der Waals surface area contributed by atoms with Gasteiger partial charge in [0.15, 0.2) is 0 Å². The second kappa shape index (κ2) is 10.7. The number of ether oxygens (including phenoxy) is 3. The highest BCUT2D eigenvalue weighted by Gasteiger charge is 2.48. The number of hydrogen-bond acceptors (Lipinski definition) is 6. The number of hydrogen-bond donors (Lipinski definition) is 0. The lowest BCUT2D eigenvalue weighted by atomic mass is 9.87. The van der Waals surface area contributed by atoms with Gasteiger partial charge in [-0.15, -0.1) is 0 Å². The summed E-state index contributed by atoms with van der Waals surface area (Å²) < 4.78 is 23.6. The highest BCUT2D eigenvalue weighted by Crippen LogP contribution is 2.49. The van der Waals surface area contributed by atoms with Crippen LogP contribution in [0.5, 0.6) is 17.2 Å². The average molecular weight is 465 g/mol. The fourth-order valence-corrected chi connectivity index (χ4v) is 10.8. The fourth-order valence-electron chi connectivity index (χ4n) is 5.58. The Labute approximate surface area is 194 Å². The van der Waals surface area contributed by atoms with E-state index in [-0.39, 0.29) is 18.3 Å². The number of esters is 1. The summed E-state index contributed by atoms with van der Waals surface area (Å²) in [6.45, 7) is 15.4. The Hall–Kier alpha value is -2.02. The first-order valence-corrected chi connectivity index (χ1v) is 13.8. The Morgan fingerprint density at radius 2 is 1.50 bits per heavy atom. The molecule has 0 heterocycles. The van der Waals surface area contributed by atoms with Crippen LogP contribution in [-0.2, 0) is 14.3 Å². The van der Waals surface area contributed by atoms with Crippen molar-refractivity contribution in [2.24, 2.45) is 5.92 Å². The van der Waals surface area contributed by atoms with Crippen LogP contribution in [0.3, 0.4) is 0 Å². The highest BCUT2D eigenvalue weighted by molar-refractivity contribution is 6.78. The van der Waals surface area contributed by atoms with Gasteiger partial charge in [0, 0.05) is 30.0 Å². The lowest BCUT2D eigenvalue weighted by Crippen LogP contribution is -2.50. The van der Waals surface area contributed by atoms with E-state index in [1.54, 1.807) is 21.1 Å². The molecule has 0 amide bonds. The molecule has 0 aromatic heterocycles. The predicted octanol–water partition coefficient (Wildman–Crippen LogP) is 5.88. The van der Waals surface area contributed by atoms with Crippen molar-refractivity contribution in [2.75, 3.05) is 20.8 Å². The zero-order valence-electron chi connectivity index (χ0n) is 21.1. The number of ketones is 1. The van der Waals surface area contributed by atoms with Crippen LogP contribution in [0.25, 0.3) is 0 Å². The first kappa shape index (κ1) is 26.2. The Balaban J connectivity index is 2.58. The van der Waals surface area contributed by atoms with Crippen molar-refractivity contribution < 1.29 is 28.2 Å². The van der Waals surface area contributed by atoms with E-state index in [9.17, 15) is 9.59 Å². The maximum absolute atomic E-state index is 12.6. The third-order valence-electron chi connectivity index (χ3n) is 6.88. The van der Waals surface area contributed by atoms with Gasteiger partial charge >= 0.3 is 5.97 Å². The number of carbonyl (C=O) groups excluding carboxylic acids is 2. The minimum atomic E-state index is -2.18. The summed E-state index contributed by atoms with van der Waals surface area (Å²) in [6, 6.07) is 3.77. The van der Waals surface area contributed by atoms with Crippen LogP contribution in [0.1, 0.15) is 72.8 Å². The number of rotatable bonds is 10. The molecule has 1 aliphatic carbocycles. The Morgan fingerprint density at radius 1 is 1.00 bits per heavy atom. The van der Waals surface area contributed by atoms with Crippen LogP contribution >= 0.6 is 0 Å². The molecule has 1 aliphatic rings. The van der Waals surface area contributed by atoms with Crippen molar-refractivity contribution in [1.82, 2.24) is 0 Å². The quantitative estimate of drug-likeness (QED) is 0.244. The molecular formula is C25H40O6Si. The van der Waals surface area contributed by atoms with Gasteiger partial charge < -0.3 is 18.6 Å². The van der Waals surface area contributed by atoms with Gasteiger partial charge in [-0.05, 0) is 30.0 Å². The molecule has 1 saturated carbocycles. The van der Waals surface area contributed by atoms with Gasteiger partial charge in [-0.25, -0.2) is 0 Å². The van der Waals surface area contributed by atoms with E-state index >= 15 is 0 Å². The molecule has 2 atom stereocenters. The van der Waals surface area contributed by atoms with Crippen LogP contribution in [0, 0.1) is 5.92 Å². The molecule has 7 heteroatoms. The molecule has 0 N–H and O–H groups in total. The van der Waals surface area contributed by atoms with Crippen molar-refractivity contribution in [3.63, 3.8) is 0 Å². The van der Waals surface area contributed by atoms with E-state index in [0.29, 0.717) is 46.7 Å². The SMILES string of the molecule is CCOC(=O)[C@H]1C(=O)CC[C@@H]1c1c(OC)cc(O[Si](C(C)C)(C(C)C)C(C)C)cc1OC. The van der Waals surface area contributed by atoms with Crippen molar-refractivity contribution in [1.29, 1.82) is 0 Å². The van der Waals surface area contributed by atoms with Gasteiger partial charge in [0.1, 0.15) is 28.9 Å². The maximum atomic E-state index is 12.6. The van der Waals surface area contributed by atoms with E-state index in [0.717, 1.165) is 5.56 Å². The van der Waals surface area contributed by atoms with E-state index in [1.165, 1.54) is 0 Å². The summed E-state index contributed by atoms with van der Waals surface area (Å²) in [5.74, 6) is 0.115. The van der Waals surface area contributed by atoms with Crippen molar-refractivity contribution in [3.8, 4) is 17.2 Å². The lowest BCUT2D eigenvalue weighted by molar-refractivity contribution is -0.151. The molecule has 6 nitrogen and oxygen atoms in total. The van der Waals surface area contributed by atoms with Crippen LogP contribution in [-0.4, -0.2) is 40.9 Å². The smallest absolute Gasteiger partial charge is 0.317 e. The Kier molecular flexibility index (Phi) is 8.79. The molecule has 1 aromatic rings. The Morgan fingerprint density at radius 3 is 1.91 bits per heavy atom. The minimum absolute atomic E-state index is 0.0938. The fraction of sp³-hybridized carbons (Fsp3) is 0.680. The molecule has 0 radical (unpaired) electrons. The second-order valence-electron chi connectivity index (χ2n) is 9.50. The van der Waals surface area contributed by atoms with Crippen molar-refractivity contribution in [3.05, 3.63) is 17.7 Å². The van der Waals surface area contributed by atoms with E-state index in [1.807, 2.05) is 12.1 Å². The average Bonchev–Trinajstić information content (AvgIpc) is 3.11. The van der Waals surface area contributed by atoms with Crippen molar-refractivity contribution >= 4 is 20.1 Å². The zero-order chi connectivity index (χ0) is 24.2. The van der Waals surface area contributed by atoms with Gasteiger partial charge in [-0.1, -0.05) is 41.5 Å². The molecule has 0 bridgehead atoms. The van der Waals surface area contributed by atoms with Crippen molar-refractivity contribution in [2.45, 2.75) is 83.8 Å². The highest BCUT2D eigenvalue weighted by atomic mass is 28.4. The third-order valence-corrected chi connectivity index (χ3v) is 12.9. The van der Waals surface area contributed by atoms with Gasteiger partial charge in [0.05, 0.1) is 20.8 Å². The van der Waals surface area contributed by atoms with Crippen LogP contribution < -0.4 is 13.9 Å². The molecule has 0 aliphatic heterocycles. The van der Waals surface area contributed by atoms with Gasteiger partial charge in [-0.3, -0.25) is 9.59 Å². The Bertz CT molecular complexity index is 770. The maximum Gasteiger partial charge on any atom is 0.317 e. The monoisotopic (exact) mass is 464 g/mol. The molecule has 2 rings (SSSR count). The normalized spacial score (nSPS) is 19.1. The summed E-state index contributed by atoms with van der Waals surface area (Å²) in [4.78, 5) is 25.1. The summed E-state index contributed by atoms with van der Waals surface area (Å²) in [5, 5.41) is 0. The molecule has 1 fully saturated rings. The number of methoxy groups -OCH3 is 2. The molecule has 180 valence electrons. The number of carbonyl (C=O) groups is 2. The van der Waals surface area contributed by atoms with E-state index in [2.05, 4.69) is 41.5 Å². The first-order valence-electron chi connectivity index (χ1n) is 11.7. The van der Waals surface area contributed by atoms with Gasteiger partial charge in [0.25, 0.3) is 8.32 Å². The van der Waals surface area contributed by atoms with E-state index in [4.69, 9.17) is 18.6 Å². The second-order valence-corrected chi connectivity index (χ2v) is 14.9. The molecule has 0 spiro atoms. The van der Waals surface area contributed by atoms with Gasteiger partial charge in [-0.2, -0.15) is 0 Å². The molecular weight excluding hydrogens is 424 g/mol. The largest absolute Gasteiger partial charge is 0.543 e. The first-order chi connectivity index (χ1) is 15.0. The topological polar surface area (TPSA) is 71.1 Å². The summed E-state index contributed by atoms with van der Waals surface area (Å²) in [7, 11) is 1.01. The number of Topliss-reactive ketones (excluding diaryl/α,β-unsaturated/α-hetero) is 1. The molecule has 32 heavy (non-hydrogen) atoms. The molecule has 0 saturated heterocycles. The third kappa shape index (κ3) is 4.82. The van der Waals surface area contributed by atoms with Gasteiger partial charge in [0.2, 0.25) is 0 Å². The standard InChI is InChI=1S/C25H40O6Si/c1-10-30-25(27)23-19(11-12-20(23)26)24-21(28-8)13-18(14-22(24)29-9)31-32(15(2)3,16(4)5)17(6)7/h13-17,19,23H,10-12H2,1-9H3/t19-,23+/m0/s1. The zero-order valence-corrected chi connectivity index (χ0v) is 22.1. The predicted molar refractivity (Wildman–Crippen MR) is 128 cm³/mol. The van der Waals surface area contributed by atoms with Crippen LogP contribution in [0.15, 0.2) is 12.1 Å². The molecule has 0 unspecified atom stereocenters. The summed E-state index contributed by atoms with van der Waals surface area (Å²) in [6.07, 6.45) is 0.890. The summed E-state index contributed by atoms with van der Waals surface area (Å²) >= 11 is 0. The van der Waals surface area contributed by atoms with E-state index < -0.39 is 20.2 Å². The number of benzene rings is 1. The lowest BCUT2D eigenvalue weighted by Gasteiger charge is -2.42. The molecule has 1 aromatic carbocycles. The summed E-state index contributed by atoms with van der Waals surface area (Å²) in [5.41, 5.74) is 1.98.